The zero-order chi connectivity index (χ0) is 32.1. The Morgan fingerprint density at radius 1 is 1.09 bits per heavy atom. The first-order valence-corrected chi connectivity index (χ1v) is 12.5. The molecule has 1 aliphatic rings. The van der Waals surface area contributed by atoms with Crippen LogP contribution in [0.25, 0.3) is 16.9 Å². The SMILES string of the molecule is CCOC(=O)N(C(=O)c1cc(-c2cnn(-c3c(OC(F)F)c(C(F)(C(F)(F)F)C(F)(F)F)nn3C)c2)ccc1Cl)C1CC1. The van der Waals surface area contributed by atoms with Crippen LogP contribution in [0.4, 0.5) is 44.3 Å². The van der Waals surface area contributed by atoms with E-state index in [1.165, 1.54) is 18.2 Å². The summed E-state index contributed by atoms with van der Waals surface area (Å²) in [7, 11) is 0.757. The average Bonchev–Trinajstić information content (AvgIpc) is 3.50. The van der Waals surface area contributed by atoms with Crippen LogP contribution in [0.3, 0.4) is 0 Å². The minimum Gasteiger partial charge on any atom is -0.449 e. The maximum absolute atomic E-state index is 14.9. The van der Waals surface area contributed by atoms with Crippen LogP contribution in [-0.4, -0.2) is 68.1 Å². The lowest BCUT2D eigenvalue weighted by atomic mass is 9.99. The number of benzene rings is 1. The summed E-state index contributed by atoms with van der Waals surface area (Å²) in [5.74, 6) is -3.68. The highest BCUT2D eigenvalue weighted by Gasteiger charge is 2.76. The van der Waals surface area contributed by atoms with Gasteiger partial charge in [0.15, 0.2) is 17.3 Å². The van der Waals surface area contributed by atoms with Gasteiger partial charge in [-0.2, -0.15) is 45.3 Å². The van der Waals surface area contributed by atoms with E-state index in [0.29, 0.717) is 17.5 Å². The van der Waals surface area contributed by atoms with Gasteiger partial charge in [0, 0.05) is 24.8 Å². The minimum absolute atomic E-state index is 0.00918. The number of imide groups is 1. The molecule has 1 aliphatic carbocycles. The van der Waals surface area contributed by atoms with E-state index in [4.69, 9.17) is 16.3 Å². The quantitative estimate of drug-likeness (QED) is 0.257. The summed E-state index contributed by atoms with van der Waals surface area (Å²) < 4.78 is 131. The molecule has 1 fully saturated rings. The van der Waals surface area contributed by atoms with Crippen molar-refractivity contribution in [1.29, 1.82) is 0 Å². The zero-order valence-corrected chi connectivity index (χ0v) is 22.6. The molecule has 0 saturated heterocycles. The topological polar surface area (TPSA) is 91.5 Å². The Morgan fingerprint density at radius 2 is 1.72 bits per heavy atom. The third-order valence-corrected chi connectivity index (χ3v) is 6.54. The lowest BCUT2D eigenvalue weighted by Crippen LogP contribution is -2.51. The second kappa shape index (κ2) is 11.3. The van der Waals surface area contributed by atoms with Gasteiger partial charge in [0.1, 0.15) is 0 Å². The minimum atomic E-state index is -6.67. The van der Waals surface area contributed by atoms with Crippen molar-refractivity contribution in [2.24, 2.45) is 7.05 Å². The van der Waals surface area contributed by atoms with E-state index in [2.05, 4.69) is 14.9 Å². The van der Waals surface area contributed by atoms with Gasteiger partial charge in [-0.1, -0.05) is 17.7 Å². The second-order valence-electron chi connectivity index (χ2n) is 9.13. The molecule has 0 spiro atoms. The first-order chi connectivity index (χ1) is 19.9. The Morgan fingerprint density at radius 3 is 2.26 bits per heavy atom. The van der Waals surface area contributed by atoms with Crippen molar-refractivity contribution in [3.63, 3.8) is 0 Å². The Labute approximate surface area is 240 Å². The van der Waals surface area contributed by atoms with Crippen LogP contribution < -0.4 is 4.74 Å². The molecule has 4 rings (SSSR count). The number of halogens is 10. The molecule has 1 aromatic carbocycles. The predicted octanol–water partition coefficient (Wildman–Crippen LogP) is 6.58. The van der Waals surface area contributed by atoms with Crippen LogP contribution >= 0.6 is 11.6 Å². The second-order valence-corrected chi connectivity index (χ2v) is 9.54. The van der Waals surface area contributed by atoms with E-state index >= 15 is 0 Å². The Bertz CT molecular complexity index is 1520. The van der Waals surface area contributed by atoms with E-state index in [1.54, 1.807) is 6.92 Å². The maximum atomic E-state index is 14.9. The number of alkyl halides is 9. The van der Waals surface area contributed by atoms with Crippen molar-refractivity contribution < 1.29 is 58.6 Å². The first-order valence-electron chi connectivity index (χ1n) is 12.1. The molecule has 0 aliphatic heterocycles. The molecule has 2 heterocycles. The van der Waals surface area contributed by atoms with Crippen LogP contribution in [0.5, 0.6) is 5.75 Å². The number of carbonyl (C=O) groups is 2. The average molecular weight is 648 g/mol. The molecule has 234 valence electrons. The van der Waals surface area contributed by atoms with Gasteiger partial charge in [-0.25, -0.2) is 23.4 Å². The standard InChI is InChI=1S/C24H19ClF9N5O4/c1-3-42-21(41)39(13-5-6-13)19(40)14-8-11(4-7-15(14)25)12-9-35-38(10-12)18-16(43-20(26)27)17(36-37(18)2)22(28,23(29,30)31)24(32,33)34/h4,7-10,13,20H,3,5-6H2,1-2H3. The van der Waals surface area contributed by atoms with Crippen LogP contribution in [0.2, 0.25) is 5.02 Å². The number of aromatic nitrogens is 4. The summed E-state index contributed by atoms with van der Waals surface area (Å²) in [5, 5.41) is 6.63. The molecule has 9 nitrogen and oxygen atoms in total. The number of carbonyl (C=O) groups excluding carboxylic acids is 2. The molecule has 0 radical (unpaired) electrons. The largest absolute Gasteiger partial charge is 0.449 e. The summed E-state index contributed by atoms with van der Waals surface area (Å²) in [6.07, 6.45) is -11.2. The smallest absolute Gasteiger partial charge is 0.437 e. The molecule has 2 amide bonds. The number of amides is 2. The molecule has 0 unspecified atom stereocenters. The van der Waals surface area contributed by atoms with Gasteiger partial charge < -0.3 is 9.47 Å². The van der Waals surface area contributed by atoms with Crippen molar-refractivity contribution in [1.82, 2.24) is 24.5 Å². The van der Waals surface area contributed by atoms with Crippen molar-refractivity contribution in [3.05, 3.63) is 46.9 Å². The van der Waals surface area contributed by atoms with E-state index in [0.717, 1.165) is 24.3 Å². The Kier molecular flexibility index (Phi) is 8.38. The highest BCUT2D eigenvalue weighted by atomic mass is 35.5. The van der Waals surface area contributed by atoms with E-state index in [9.17, 15) is 49.1 Å². The third kappa shape index (κ3) is 5.83. The number of rotatable bonds is 8. The van der Waals surface area contributed by atoms with Gasteiger partial charge in [0.2, 0.25) is 0 Å². The number of ether oxygens (including phenoxy) is 2. The van der Waals surface area contributed by atoms with Gasteiger partial charge in [-0.15, -0.1) is 0 Å². The van der Waals surface area contributed by atoms with Crippen molar-refractivity contribution >= 4 is 23.6 Å². The molecule has 0 atom stereocenters. The Hall–Kier alpha value is -3.96. The molecule has 1 saturated carbocycles. The summed E-state index contributed by atoms with van der Waals surface area (Å²) >= 11 is 6.20. The number of hydrogen-bond donors (Lipinski definition) is 0. The van der Waals surface area contributed by atoms with Gasteiger partial charge >= 0.3 is 30.7 Å². The summed E-state index contributed by atoms with van der Waals surface area (Å²) in [6.45, 7) is -2.45. The van der Waals surface area contributed by atoms with Crippen molar-refractivity contribution in [2.75, 3.05) is 6.61 Å². The molecule has 0 bridgehead atoms. The monoisotopic (exact) mass is 647 g/mol. The zero-order valence-electron chi connectivity index (χ0n) is 21.8. The molecule has 2 aromatic heterocycles. The fraction of sp³-hybridized carbons (Fsp3) is 0.417. The molecule has 3 aromatic rings. The first kappa shape index (κ1) is 32.0. The summed E-state index contributed by atoms with van der Waals surface area (Å²) in [4.78, 5) is 26.5. The molecular formula is C24H19ClF9N5O4. The van der Waals surface area contributed by atoms with Crippen LogP contribution in [0.1, 0.15) is 35.8 Å². The highest BCUT2D eigenvalue weighted by Crippen LogP contribution is 2.56. The highest BCUT2D eigenvalue weighted by molar-refractivity contribution is 6.34. The fourth-order valence-electron chi connectivity index (χ4n) is 4.11. The maximum Gasteiger partial charge on any atom is 0.437 e. The van der Waals surface area contributed by atoms with Crippen LogP contribution in [0.15, 0.2) is 30.6 Å². The van der Waals surface area contributed by atoms with Crippen molar-refractivity contribution in [3.8, 4) is 22.7 Å². The normalized spacial score (nSPS) is 14.3. The van der Waals surface area contributed by atoms with E-state index < -0.39 is 59.9 Å². The molecule has 19 heteroatoms. The lowest BCUT2D eigenvalue weighted by molar-refractivity contribution is -0.350. The van der Waals surface area contributed by atoms with Crippen LogP contribution in [-0.2, 0) is 17.5 Å². The van der Waals surface area contributed by atoms with E-state index in [-0.39, 0.29) is 33.0 Å². The van der Waals surface area contributed by atoms with Gasteiger partial charge in [-0.3, -0.25) is 4.79 Å². The van der Waals surface area contributed by atoms with E-state index in [1.807, 2.05) is 0 Å². The summed E-state index contributed by atoms with van der Waals surface area (Å²) in [6, 6.07) is 3.44. The predicted molar refractivity (Wildman–Crippen MR) is 129 cm³/mol. The number of hydrogen-bond acceptors (Lipinski definition) is 6. The fourth-order valence-corrected chi connectivity index (χ4v) is 4.31. The summed E-state index contributed by atoms with van der Waals surface area (Å²) in [5.41, 5.74) is -8.66. The molecule has 43 heavy (non-hydrogen) atoms. The molecule has 0 N–H and O–H groups in total. The number of nitrogens with zero attached hydrogens (tertiary/aromatic N) is 5. The van der Waals surface area contributed by atoms with Crippen LogP contribution in [0, 0.1) is 0 Å². The molecular weight excluding hydrogens is 629 g/mol. The van der Waals surface area contributed by atoms with Crippen molar-refractivity contribution in [2.45, 2.75) is 50.4 Å². The Balaban J connectivity index is 1.80. The van der Waals surface area contributed by atoms with Gasteiger partial charge in [-0.05, 0) is 37.5 Å². The third-order valence-electron chi connectivity index (χ3n) is 6.21. The lowest BCUT2D eigenvalue weighted by Gasteiger charge is -2.28. The van der Waals surface area contributed by atoms with Gasteiger partial charge in [0.25, 0.3) is 5.91 Å². The number of aryl methyl sites for hydroxylation is 1. The van der Waals surface area contributed by atoms with Gasteiger partial charge in [0.05, 0.1) is 23.4 Å².